The van der Waals surface area contributed by atoms with Gasteiger partial charge in [-0.2, -0.15) is 0 Å². The SMILES string of the molecule is C#CCCCNCc1cncs1. The smallest absolute Gasteiger partial charge is 0.0794 e. The largest absolute Gasteiger partial charge is 0.312 e. The van der Waals surface area contributed by atoms with Gasteiger partial charge >= 0.3 is 0 Å². The second-order valence-electron chi connectivity index (χ2n) is 2.45. The van der Waals surface area contributed by atoms with Crippen LogP contribution in [0.4, 0.5) is 0 Å². The summed E-state index contributed by atoms with van der Waals surface area (Å²) in [6.07, 6.45) is 8.92. The van der Waals surface area contributed by atoms with Gasteiger partial charge in [0, 0.05) is 24.0 Å². The Hall–Kier alpha value is -0.850. The first-order valence-corrected chi connectivity index (χ1v) is 4.83. The van der Waals surface area contributed by atoms with Crippen LogP contribution in [-0.4, -0.2) is 11.5 Å². The first-order valence-electron chi connectivity index (χ1n) is 3.95. The Morgan fingerprint density at radius 1 is 1.67 bits per heavy atom. The number of hydrogen-bond acceptors (Lipinski definition) is 3. The molecule has 1 aromatic heterocycles. The van der Waals surface area contributed by atoms with Crippen LogP contribution in [0.25, 0.3) is 0 Å². The van der Waals surface area contributed by atoms with Crippen LogP contribution in [0.3, 0.4) is 0 Å². The van der Waals surface area contributed by atoms with Crippen molar-refractivity contribution in [2.24, 2.45) is 0 Å². The first kappa shape index (κ1) is 9.24. The zero-order chi connectivity index (χ0) is 8.65. The lowest BCUT2D eigenvalue weighted by Gasteiger charge is -1.99. The summed E-state index contributed by atoms with van der Waals surface area (Å²) < 4.78 is 0. The molecule has 2 nitrogen and oxygen atoms in total. The van der Waals surface area contributed by atoms with Gasteiger partial charge in [-0.3, -0.25) is 4.98 Å². The maximum absolute atomic E-state index is 5.12. The molecule has 1 N–H and O–H groups in total. The molecule has 0 saturated heterocycles. The van der Waals surface area contributed by atoms with Crippen molar-refractivity contribution in [2.75, 3.05) is 6.54 Å². The number of thiazole rings is 1. The van der Waals surface area contributed by atoms with Gasteiger partial charge in [-0.15, -0.1) is 23.7 Å². The zero-order valence-electron chi connectivity index (χ0n) is 6.92. The van der Waals surface area contributed by atoms with Gasteiger partial charge in [0.1, 0.15) is 0 Å². The van der Waals surface area contributed by atoms with Crippen LogP contribution < -0.4 is 5.32 Å². The Labute approximate surface area is 77.0 Å². The highest BCUT2D eigenvalue weighted by molar-refractivity contribution is 7.09. The molecule has 0 unspecified atom stereocenters. The second kappa shape index (κ2) is 5.76. The molecule has 64 valence electrons. The highest BCUT2D eigenvalue weighted by atomic mass is 32.1. The fourth-order valence-electron chi connectivity index (χ4n) is 0.856. The summed E-state index contributed by atoms with van der Waals surface area (Å²) in [6.45, 7) is 1.90. The molecule has 1 aromatic rings. The molecule has 0 bridgehead atoms. The van der Waals surface area contributed by atoms with E-state index in [1.54, 1.807) is 11.3 Å². The molecule has 0 atom stereocenters. The summed E-state index contributed by atoms with van der Waals surface area (Å²) in [5.74, 6) is 2.61. The monoisotopic (exact) mass is 180 g/mol. The van der Waals surface area contributed by atoms with Gasteiger partial charge in [0.2, 0.25) is 0 Å². The molecule has 0 fully saturated rings. The van der Waals surface area contributed by atoms with Crippen LogP contribution >= 0.6 is 11.3 Å². The van der Waals surface area contributed by atoms with E-state index in [-0.39, 0.29) is 0 Å². The zero-order valence-corrected chi connectivity index (χ0v) is 7.73. The molecule has 0 saturated carbocycles. The Kier molecular flexibility index (Phi) is 4.43. The maximum Gasteiger partial charge on any atom is 0.0794 e. The topological polar surface area (TPSA) is 24.9 Å². The van der Waals surface area contributed by atoms with Crippen LogP contribution in [0.1, 0.15) is 17.7 Å². The lowest BCUT2D eigenvalue weighted by atomic mass is 10.3. The number of terminal acetylenes is 1. The van der Waals surface area contributed by atoms with Crippen molar-refractivity contribution in [1.82, 2.24) is 10.3 Å². The highest BCUT2D eigenvalue weighted by Crippen LogP contribution is 2.03. The van der Waals surface area contributed by atoms with Crippen molar-refractivity contribution < 1.29 is 0 Å². The van der Waals surface area contributed by atoms with Crippen molar-refractivity contribution >= 4 is 11.3 Å². The van der Waals surface area contributed by atoms with Gasteiger partial charge in [0.15, 0.2) is 0 Å². The second-order valence-corrected chi connectivity index (χ2v) is 3.42. The van der Waals surface area contributed by atoms with Crippen molar-refractivity contribution in [3.8, 4) is 12.3 Å². The fraction of sp³-hybridized carbons (Fsp3) is 0.444. The van der Waals surface area contributed by atoms with E-state index in [4.69, 9.17) is 6.42 Å². The molecule has 0 aromatic carbocycles. The van der Waals surface area contributed by atoms with E-state index in [1.165, 1.54) is 4.88 Å². The number of nitrogens with one attached hydrogen (secondary N) is 1. The van der Waals surface area contributed by atoms with Crippen LogP contribution in [0.5, 0.6) is 0 Å². The van der Waals surface area contributed by atoms with Crippen molar-refractivity contribution in [3.63, 3.8) is 0 Å². The summed E-state index contributed by atoms with van der Waals surface area (Å²) >= 11 is 1.67. The number of unbranched alkanes of at least 4 members (excludes halogenated alkanes) is 1. The minimum atomic E-state index is 0.857. The van der Waals surface area contributed by atoms with E-state index < -0.39 is 0 Å². The fourth-order valence-corrected chi connectivity index (χ4v) is 1.42. The van der Waals surface area contributed by atoms with E-state index in [2.05, 4.69) is 16.2 Å². The third-order valence-corrected chi connectivity index (χ3v) is 2.24. The molecule has 0 spiro atoms. The third-order valence-electron chi connectivity index (χ3n) is 1.46. The van der Waals surface area contributed by atoms with Crippen LogP contribution in [0.2, 0.25) is 0 Å². The number of aromatic nitrogens is 1. The Bertz CT molecular complexity index is 236. The molecular formula is C9H12N2S. The maximum atomic E-state index is 5.12. The van der Waals surface area contributed by atoms with E-state index >= 15 is 0 Å². The van der Waals surface area contributed by atoms with Crippen molar-refractivity contribution in [2.45, 2.75) is 19.4 Å². The third kappa shape index (κ3) is 3.51. The average Bonchev–Trinajstić information content (AvgIpc) is 2.57. The quantitative estimate of drug-likeness (QED) is 0.550. The Morgan fingerprint density at radius 3 is 3.25 bits per heavy atom. The molecule has 0 aliphatic carbocycles. The van der Waals surface area contributed by atoms with Gasteiger partial charge in [-0.25, -0.2) is 0 Å². The van der Waals surface area contributed by atoms with Crippen molar-refractivity contribution in [1.29, 1.82) is 0 Å². The van der Waals surface area contributed by atoms with Crippen LogP contribution in [-0.2, 0) is 6.54 Å². The van der Waals surface area contributed by atoms with E-state index in [0.29, 0.717) is 0 Å². The molecule has 0 amide bonds. The van der Waals surface area contributed by atoms with Crippen LogP contribution in [0, 0.1) is 12.3 Å². The Balaban J connectivity index is 2.01. The summed E-state index contributed by atoms with van der Waals surface area (Å²) in [6, 6.07) is 0. The van der Waals surface area contributed by atoms with Crippen molar-refractivity contribution in [3.05, 3.63) is 16.6 Å². The lowest BCUT2D eigenvalue weighted by molar-refractivity contribution is 0.664. The Morgan fingerprint density at radius 2 is 2.58 bits per heavy atom. The van der Waals surface area contributed by atoms with Gasteiger partial charge < -0.3 is 5.32 Å². The molecular weight excluding hydrogens is 168 g/mol. The number of nitrogens with zero attached hydrogens (tertiary/aromatic N) is 1. The summed E-state index contributed by atoms with van der Waals surface area (Å²) in [4.78, 5) is 5.26. The molecule has 1 rings (SSSR count). The number of rotatable bonds is 5. The minimum absolute atomic E-state index is 0.857. The van der Waals surface area contributed by atoms with Gasteiger partial charge in [0.05, 0.1) is 5.51 Å². The number of hydrogen-bond donors (Lipinski definition) is 1. The first-order chi connectivity index (χ1) is 5.93. The highest BCUT2D eigenvalue weighted by Gasteiger charge is 1.92. The standard InChI is InChI=1S/C9H12N2S/c1-2-3-4-5-10-6-9-7-11-8-12-9/h1,7-8,10H,3-6H2. The van der Waals surface area contributed by atoms with Crippen LogP contribution in [0.15, 0.2) is 11.7 Å². The summed E-state index contributed by atoms with van der Waals surface area (Å²) in [7, 11) is 0. The van der Waals surface area contributed by atoms with E-state index in [0.717, 1.165) is 25.9 Å². The van der Waals surface area contributed by atoms with E-state index in [1.807, 2.05) is 11.7 Å². The predicted molar refractivity (Wildman–Crippen MR) is 51.9 cm³/mol. The molecule has 3 heteroatoms. The van der Waals surface area contributed by atoms with Gasteiger partial charge in [-0.1, -0.05) is 0 Å². The predicted octanol–water partition coefficient (Wildman–Crippen LogP) is 1.65. The molecule has 12 heavy (non-hydrogen) atoms. The normalized spacial score (nSPS) is 9.58. The van der Waals surface area contributed by atoms with Gasteiger partial charge in [-0.05, 0) is 13.0 Å². The summed E-state index contributed by atoms with van der Waals surface area (Å²) in [5.41, 5.74) is 1.85. The molecule has 1 heterocycles. The van der Waals surface area contributed by atoms with Gasteiger partial charge in [0.25, 0.3) is 0 Å². The molecule has 0 aliphatic heterocycles. The van der Waals surface area contributed by atoms with E-state index in [9.17, 15) is 0 Å². The molecule has 0 radical (unpaired) electrons. The lowest BCUT2D eigenvalue weighted by Crippen LogP contribution is -2.13. The molecule has 0 aliphatic rings. The minimum Gasteiger partial charge on any atom is -0.312 e. The summed E-state index contributed by atoms with van der Waals surface area (Å²) in [5, 5.41) is 3.30. The average molecular weight is 180 g/mol.